The van der Waals surface area contributed by atoms with E-state index < -0.39 is 0 Å². The second-order valence-electron chi connectivity index (χ2n) is 5.12. The molecule has 2 aromatic rings. The van der Waals surface area contributed by atoms with Crippen LogP contribution < -0.4 is 0 Å². The van der Waals surface area contributed by atoms with Crippen molar-refractivity contribution in [1.29, 1.82) is 0 Å². The molecule has 2 unspecified atom stereocenters. The summed E-state index contributed by atoms with van der Waals surface area (Å²) in [7, 11) is 0. The molecule has 1 radical (unpaired) electrons. The van der Waals surface area contributed by atoms with Gasteiger partial charge in [-0.25, -0.2) is 4.90 Å². The predicted molar refractivity (Wildman–Crippen MR) is 75.4 cm³/mol. The number of nitrogens with zero attached hydrogens (tertiary/aromatic N) is 1. The lowest BCUT2D eigenvalue weighted by molar-refractivity contribution is -0.0595. The van der Waals surface area contributed by atoms with Crippen molar-refractivity contribution in [2.75, 3.05) is 13.2 Å². The highest BCUT2D eigenvalue weighted by molar-refractivity contribution is 5.25. The van der Waals surface area contributed by atoms with E-state index in [0.717, 1.165) is 0 Å². The number of rotatable bonds is 2. The van der Waals surface area contributed by atoms with Gasteiger partial charge in [0.15, 0.2) is 0 Å². The van der Waals surface area contributed by atoms with E-state index in [9.17, 15) is 0 Å². The third-order valence-electron chi connectivity index (χ3n) is 3.86. The van der Waals surface area contributed by atoms with Crippen LogP contribution in [0.3, 0.4) is 0 Å². The Morgan fingerprint density at radius 3 is 1.60 bits per heavy atom. The van der Waals surface area contributed by atoms with Crippen LogP contribution in [0.25, 0.3) is 0 Å². The molecule has 0 spiro atoms. The van der Waals surface area contributed by atoms with Gasteiger partial charge in [-0.05, 0) is 11.1 Å². The van der Waals surface area contributed by atoms with Crippen molar-refractivity contribution < 1.29 is 9.47 Å². The van der Waals surface area contributed by atoms with Crippen LogP contribution in [-0.2, 0) is 9.47 Å². The van der Waals surface area contributed by atoms with Crippen molar-refractivity contribution in [3.63, 3.8) is 0 Å². The smallest absolute Gasteiger partial charge is 0.139 e. The van der Waals surface area contributed by atoms with Crippen molar-refractivity contribution in [3.8, 4) is 0 Å². The second kappa shape index (κ2) is 5.02. The third-order valence-corrected chi connectivity index (χ3v) is 3.86. The highest BCUT2D eigenvalue weighted by atomic mass is 16.6. The maximum absolute atomic E-state index is 5.97. The van der Waals surface area contributed by atoms with Crippen LogP contribution in [0.5, 0.6) is 0 Å². The molecule has 2 aromatic carbocycles. The van der Waals surface area contributed by atoms with Crippen molar-refractivity contribution in [2.45, 2.75) is 12.5 Å². The lowest BCUT2D eigenvalue weighted by Gasteiger charge is -2.27. The standard InChI is InChI=1S/C17H16NO2/c1-3-7-13(8-4-1)16-18-15(11-19-16)12-20-17(18)14-9-5-2-6-10-14/h1-10,16-17H,11-12H2. The number of ether oxygens (including phenoxy) is 2. The minimum Gasteiger partial charge on any atom is -0.357 e. The summed E-state index contributed by atoms with van der Waals surface area (Å²) in [6.07, 6.45) is -0.0854. The normalized spacial score (nSPS) is 26.8. The lowest BCUT2D eigenvalue weighted by Crippen LogP contribution is -2.26. The van der Waals surface area contributed by atoms with E-state index in [0.29, 0.717) is 13.2 Å². The fourth-order valence-electron chi connectivity index (χ4n) is 2.91. The molecule has 0 aromatic heterocycles. The van der Waals surface area contributed by atoms with Crippen LogP contribution in [0.1, 0.15) is 23.6 Å². The molecule has 20 heavy (non-hydrogen) atoms. The molecule has 3 heteroatoms. The first kappa shape index (κ1) is 12.1. The van der Waals surface area contributed by atoms with Gasteiger partial charge >= 0.3 is 0 Å². The van der Waals surface area contributed by atoms with Gasteiger partial charge in [-0.3, -0.25) is 0 Å². The zero-order valence-corrected chi connectivity index (χ0v) is 11.1. The molecule has 2 aliphatic heterocycles. The van der Waals surface area contributed by atoms with E-state index in [-0.39, 0.29) is 12.5 Å². The van der Waals surface area contributed by atoms with E-state index in [1.165, 1.54) is 17.2 Å². The van der Waals surface area contributed by atoms with E-state index in [2.05, 4.69) is 29.2 Å². The molecule has 2 heterocycles. The van der Waals surface area contributed by atoms with Gasteiger partial charge in [0.2, 0.25) is 0 Å². The molecule has 2 aliphatic rings. The fourth-order valence-corrected chi connectivity index (χ4v) is 2.91. The highest BCUT2D eigenvalue weighted by Crippen LogP contribution is 2.46. The molecular formula is C17H16NO2. The SMILES string of the molecule is c1ccc(C2OC[C]3COC(c4ccccc4)N32)cc1. The van der Waals surface area contributed by atoms with Crippen molar-refractivity contribution in [2.24, 2.45) is 0 Å². The van der Waals surface area contributed by atoms with E-state index in [1.807, 2.05) is 36.4 Å². The Balaban J connectivity index is 1.67. The first-order chi connectivity index (χ1) is 9.93. The largest absolute Gasteiger partial charge is 0.357 e. The molecule has 0 bridgehead atoms. The minimum absolute atomic E-state index is 0.0427. The predicted octanol–water partition coefficient (Wildman–Crippen LogP) is 3.28. The molecule has 0 saturated carbocycles. The Morgan fingerprint density at radius 2 is 1.15 bits per heavy atom. The van der Waals surface area contributed by atoms with Gasteiger partial charge < -0.3 is 9.47 Å². The molecule has 3 nitrogen and oxygen atoms in total. The summed E-state index contributed by atoms with van der Waals surface area (Å²) >= 11 is 0. The lowest BCUT2D eigenvalue weighted by atomic mass is 10.1. The van der Waals surface area contributed by atoms with E-state index >= 15 is 0 Å². The van der Waals surface area contributed by atoms with Crippen LogP contribution >= 0.6 is 0 Å². The number of hydrogen-bond donors (Lipinski definition) is 0. The average Bonchev–Trinajstić information content (AvgIpc) is 3.10. The zero-order chi connectivity index (χ0) is 13.4. The fraction of sp³-hybridized carbons (Fsp3) is 0.235. The number of hydrogen-bond acceptors (Lipinski definition) is 3. The maximum Gasteiger partial charge on any atom is 0.139 e. The maximum atomic E-state index is 5.97. The Bertz CT molecular complexity index is 521. The molecular weight excluding hydrogens is 250 g/mol. The third kappa shape index (κ3) is 1.95. The van der Waals surface area contributed by atoms with Gasteiger partial charge in [0.05, 0.1) is 19.3 Å². The molecule has 101 valence electrons. The Labute approximate surface area is 118 Å². The monoisotopic (exact) mass is 266 g/mol. The van der Waals surface area contributed by atoms with Gasteiger partial charge in [0.25, 0.3) is 0 Å². The topological polar surface area (TPSA) is 21.7 Å². The minimum atomic E-state index is -0.0427. The summed E-state index contributed by atoms with van der Waals surface area (Å²) < 4.78 is 11.9. The first-order valence-electron chi connectivity index (χ1n) is 6.89. The molecule has 0 amide bonds. The first-order valence-corrected chi connectivity index (χ1v) is 6.89. The molecule has 2 saturated heterocycles. The quantitative estimate of drug-likeness (QED) is 0.832. The summed E-state index contributed by atoms with van der Waals surface area (Å²) in [6, 6.07) is 21.9. The Hall–Kier alpha value is -1.68. The van der Waals surface area contributed by atoms with E-state index in [4.69, 9.17) is 9.47 Å². The summed E-state index contributed by atoms with van der Waals surface area (Å²) in [5.41, 5.74) is 2.35. The molecule has 0 N–H and O–H groups in total. The Morgan fingerprint density at radius 1 is 0.700 bits per heavy atom. The summed E-state index contributed by atoms with van der Waals surface area (Å²) in [6.45, 7) is 1.31. The van der Waals surface area contributed by atoms with Gasteiger partial charge in [-0.15, -0.1) is 0 Å². The molecule has 2 fully saturated rings. The number of fused-ring (bicyclic) bond motifs is 1. The van der Waals surface area contributed by atoms with Crippen LogP contribution in [-0.4, -0.2) is 18.1 Å². The van der Waals surface area contributed by atoms with Crippen LogP contribution in [0.2, 0.25) is 0 Å². The van der Waals surface area contributed by atoms with Crippen molar-refractivity contribution >= 4 is 0 Å². The van der Waals surface area contributed by atoms with Crippen molar-refractivity contribution in [3.05, 3.63) is 77.8 Å². The zero-order valence-electron chi connectivity index (χ0n) is 11.1. The number of benzene rings is 2. The highest BCUT2D eigenvalue weighted by Gasteiger charge is 2.46. The van der Waals surface area contributed by atoms with Gasteiger partial charge in [-0.1, -0.05) is 60.7 Å². The van der Waals surface area contributed by atoms with Crippen LogP contribution in [0, 0.1) is 6.04 Å². The molecule has 2 atom stereocenters. The van der Waals surface area contributed by atoms with Crippen molar-refractivity contribution in [1.82, 2.24) is 4.90 Å². The molecule has 4 rings (SSSR count). The van der Waals surface area contributed by atoms with E-state index in [1.54, 1.807) is 0 Å². The molecule has 0 aliphatic carbocycles. The summed E-state index contributed by atoms with van der Waals surface area (Å²) in [4.78, 5) is 2.27. The van der Waals surface area contributed by atoms with Gasteiger partial charge in [-0.2, -0.15) is 0 Å². The summed E-state index contributed by atoms with van der Waals surface area (Å²) in [5, 5.41) is 0. The van der Waals surface area contributed by atoms with Crippen LogP contribution in [0.15, 0.2) is 60.7 Å². The Kier molecular flexibility index (Phi) is 3.03. The second-order valence-corrected chi connectivity index (χ2v) is 5.12. The van der Waals surface area contributed by atoms with Crippen LogP contribution in [0.4, 0.5) is 0 Å². The summed E-state index contributed by atoms with van der Waals surface area (Å²) in [5.74, 6) is 0. The van der Waals surface area contributed by atoms with Gasteiger partial charge in [0, 0.05) is 0 Å². The average molecular weight is 266 g/mol. The van der Waals surface area contributed by atoms with Gasteiger partial charge in [0.1, 0.15) is 12.5 Å².